The van der Waals surface area contributed by atoms with Gasteiger partial charge in [-0.05, 0) is 58.0 Å². The Morgan fingerprint density at radius 1 is 1.04 bits per heavy atom. The maximum absolute atomic E-state index is 12.4. The van der Waals surface area contributed by atoms with Crippen LogP contribution in [0.25, 0.3) is 11.5 Å². The molecule has 0 bridgehead atoms. The van der Waals surface area contributed by atoms with Gasteiger partial charge in [0.1, 0.15) is 0 Å². The molecule has 1 aromatic heterocycles. The van der Waals surface area contributed by atoms with Crippen molar-refractivity contribution in [2.45, 2.75) is 34.2 Å². The molecule has 0 atom stereocenters. The summed E-state index contributed by atoms with van der Waals surface area (Å²) in [6, 6.07) is 12.0. The van der Waals surface area contributed by atoms with Crippen LogP contribution in [0.1, 0.15) is 28.1 Å². The highest BCUT2D eigenvalue weighted by atomic mass is 16.4. The van der Waals surface area contributed by atoms with Crippen LogP contribution < -0.4 is 5.32 Å². The molecule has 0 unspecified atom stereocenters. The number of nitrogens with one attached hydrogen (secondary N) is 1. The zero-order chi connectivity index (χ0) is 20.3. The lowest BCUT2D eigenvalue weighted by molar-refractivity contribution is -0.117. The molecule has 1 N–H and O–H groups in total. The standard InChI is InChI=1S/C22H26N4O2/c1-14-7-6-8-18(11-14)22-25-24-20(28-22)13-26(5)12-19(27)23-21-16(3)9-15(2)10-17(21)4/h6-11H,12-13H2,1-5H3,(H,23,27). The van der Waals surface area contributed by atoms with E-state index in [1.165, 1.54) is 5.56 Å². The molecule has 0 spiro atoms. The Morgan fingerprint density at radius 3 is 2.43 bits per heavy atom. The third-order valence-electron chi connectivity index (χ3n) is 4.49. The minimum absolute atomic E-state index is 0.0732. The topological polar surface area (TPSA) is 71.3 Å². The average molecular weight is 378 g/mol. The molecule has 0 saturated carbocycles. The number of rotatable bonds is 6. The van der Waals surface area contributed by atoms with Gasteiger partial charge in [-0.3, -0.25) is 9.69 Å². The van der Waals surface area contributed by atoms with Crippen LogP contribution >= 0.6 is 0 Å². The molecule has 0 radical (unpaired) electrons. The summed E-state index contributed by atoms with van der Waals surface area (Å²) in [5.74, 6) is 0.896. The Labute approximate surface area is 165 Å². The number of aryl methyl sites for hydroxylation is 4. The number of aromatic nitrogens is 2. The Kier molecular flexibility index (Phi) is 5.90. The van der Waals surface area contributed by atoms with Gasteiger partial charge in [0, 0.05) is 11.3 Å². The summed E-state index contributed by atoms with van der Waals surface area (Å²) in [6.45, 7) is 8.71. The molecule has 6 heteroatoms. The third-order valence-corrected chi connectivity index (χ3v) is 4.49. The summed E-state index contributed by atoms with van der Waals surface area (Å²) in [6.07, 6.45) is 0. The van der Waals surface area contributed by atoms with Crippen LogP contribution in [0.4, 0.5) is 5.69 Å². The van der Waals surface area contributed by atoms with Gasteiger partial charge >= 0.3 is 0 Å². The first-order chi connectivity index (χ1) is 13.3. The van der Waals surface area contributed by atoms with Gasteiger partial charge in [0.05, 0.1) is 13.1 Å². The number of amides is 1. The maximum atomic E-state index is 12.4. The van der Waals surface area contributed by atoms with Crippen molar-refractivity contribution < 1.29 is 9.21 Å². The van der Waals surface area contributed by atoms with E-state index in [0.29, 0.717) is 18.3 Å². The lowest BCUT2D eigenvalue weighted by atomic mass is 10.1. The van der Waals surface area contributed by atoms with Crippen molar-refractivity contribution in [3.8, 4) is 11.5 Å². The molecule has 28 heavy (non-hydrogen) atoms. The van der Waals surface area contributed by atoms with Crippen molar-refractivity contribution in [3.05, 3.63) is 64.5 Å². The predicted octanol–water partition coefficient (Wildman–Crippen LogP) is 4.04. The van der Waals surface area contributed by atoms with Crippen LogP contribution in [0.5, 0.6) is 0 Å². The van der Waals surface area contributed by atoms with E-state index in [4.69, 9.17) is 4.42 Å². The fraction of sp³-hybridized carbons (Fsp3) is 0.318. The average Bonchev–Trinajstić information content (AvgIpc) is 3.06. The van der Waals surface area contributed by atoms with Crippen LogP contribution in [0, 0.1) is 27.7 Å². The van der Waals surface area contributed by atoms with E-state index >= 15 is 0 Å². The van der Waals surface area contributed by atoms with E-state index in [9.17, 15) is 4.79 Å². The van der Waals surface area contributed by atoms with Crippen molar-refractivity contribution in [2.24, 2.45) is 0 Å². The lowest BCUT2D eigenvalue weighted by Crippen LogP contribution is -2.30. The van der Waals surface area contributed by atoms with Crippen molar-refractivity contribution in [1.29, 1.82) is 0 Å². The van der Waals surface area contributed by atoms with E-state index < -0.39 is 0 Å². The number of benzene rings is 2. The second-order valence-corrected chi connectivity index (χ2v) is 7.36. The first kappa shape index (κ1) is 19.8. The molecule has 0 fully saturated rings. The molecule has 0 aliphatic rings. The van der Waals surface area contributed by atoms with Gasteiger partial charge in [-0.15, -0.1) is 10.2 Å². The zero-order valence-corrected chi connectivity index (χ0v) is 17.0. The van der Waals surface area contributed by atoms with Gasteiger partial charge in [-0.25, -0.2) is 0 Å². The number of hydrogen-bond donors (Lipinski definition) is 1. The van der Waals surface area contributed by atoms with Crippen molar-refractivity contribution in [3.63, 3.8) is 0 Å². The molecule has 6 nitrogen and oxygen atoms in total. The summed E-state index contributed by atoms with van der Waals surface area (Å²) in [4.78, 5) is 14.3. The van der Waals surface area contributed by atoms with E-state index in [1.807, 2.05) is 57.0 Å². The predicted molar refractivity (Wildman–Crippen MR) is 110 cm³/mol. The third kappa shape index (κ3) is 4.84. The van der Waals surface area contributed by atoms with Crippen LogP contribution in [0.15, 0.2) is 40.8 Å². The second-order valence-electron chi connectivity index (χ2n) is 7.36. The van der Waals surface area contributed by atoms with Crippen molar-refractivity contribution in [1.82, 2.24) is 15.1 Å². The van der Waals surface area contributed by atoms with Gasteiger partial charge in [-0.1, -0.05) is 35.4 Å². The van der Waals surface area contributed by atoms with E-state index in [-0.39, 0.29) is 12.5 Å². The number of carbonyl (C=O) groups is 1. The smallest absolute Gasteiger partial charge is 0.247 e. The van der Waals surface area contributed by atoms with Gasteiger partial charge in [0.15, 0.2) is 0 Å². The first-order valence-corrected chi connectivity index (χ1v) is 9.27. The van der Waals surface area contributed by atoms with E-state index in [2.05, 4.69) is 34.6 Å². The molecule has 0 saturated heterocycles. The van der Waals surface area contributed by atoms with E-state index in [1.54, 1.807) is 0 Å². The number of carbonyl (C=O) groups excluding carboxylic acids is 1. The lowest BCUT2D eigenvalue weighted by Gasteiger charge is -2.16. The zero-order valence-electron chi connectivity index (χ0n) is 17.0. The maximum Gasteiger partial charge on any atom is 0.247 e. The van der Waals surface area contributed by atoms with Crippen LogP contribution in [0.2, 0.25) is 0 Å². The molecule has 146 valence electrons. The van der Waals surface area contributed by atoms with Gasteiger partial charge in [0.25, 0.3) is 0 Å². The minimum Gasteiger partial charge on any atom is -0.419 e. The quantitative estimate of drug-likeness (QED) is 0.701. The monoisotopic (exact) mass is 378 g/mol. The van der Waals surface area contributed by atoms with Crippen molar-refractivity contribution in [2.75, 3.05) is 18.9 Å². The van der Waals surface area contributed by atoms with Crippen LogP contribution in [-0.2, 0) is 11.3 Å². The largest absolute Gasteiger partial charge is 0.419 e. The summed E-state index contributed by atoms with van der Waals surface area (Å²) >= 11 is 0. The number of nitrogens with zero attached hydrogens (tertiary/aromatic N) is 3. The first-order valence-electron chi connectivity index (χ1n) is 9.27. The molecule has 2 aromatic carbocycles. The Bertz CT molecular complexity index is 971. The summed E-state index contributed by atoms with van der Waals surface area (Å²) in [5.41, 5.74) is 6.22. The highest BCUT2D eigenvalue weighted by Crippen LogP contribution is 2.22. The minimum atomic E-state index is -0.0732. The molecule has 1 amide bonds. The molecule has 3 rings (SSSR count). The summed E-state index contributed by atoms with van der Waals surface area (Å²) < 4.78 is 5.75. The molecule has 1 heterocycles. The molecular formula is C22H26N4O2. The van der Waals surface area contributed by atoms with Crippen molar-refractivity contribution >= 4 is 11.6 Å². The summed E-state index contributed by atoms with van der Waals surface area (Å²) in [5, 5.41) is 11.2. The number of hydrogen-bond acceptors (Lipinski definition) is 5. The molecule has 3 aromatic rings. The SMILES string of the molecule is Cc1cccc(-c2nnc(CN(C)CC(=O)Nc3c(C)cc(C)cc3C)o2)c1. The Morgan fingerprint density at radius 2 is 1.75 bits per heavy atom. The van der Waals surface area contributed by atoms with E-state index in [0.717, 1.165) is 27.9 Å². The highest BCUT2D eigenvalue weighted by Gasteiger charge is 2.14. The summed E-state index contributed by atoms with van der Waals surface area (Å²) in [7, 11) is 1.85. The Balaban J connectivity index is 1.60. The number of anilines is 1. The van der Waals surface area contributed by atoms with Gasteiger partial charge in [0.2, 0.25) is 17.7 Å². The van der Waals surface area contributed by atoms with Gasteiger partial charge < -0.3 is 9.73 Å². The highest BCUT2D eigenvalue weighted by molar-refractivity contribution is 5.93. The fourth-order valence-electron chi connectivity index (χ4n) is 3.30. The normalized spacial score (nSPS) is 11.1. The Hall–Kier alpha value is -2.99. The second kappa shape index (κ2) is 8.35. The fourth-order valence-corrected chi connectivity index (χ4v) is 3.30. The molecule has 0 aliphatic carbocycles. The van der Waals surface area contributed by atoms with Crippen LogP contribution in [-0.4, -0.2) is 34.6 Å². The molecule has 0 aliphatic heterocycles. The van der Waals surface area contributed by atoms with Crippen LogP contribution in [0.3, 0.4) is 0 Å². The van der Waals surface area contributed by atoms with Gasteiger partial charge in [-0.2, -0.15) is 0 Å². The molecular weight excluding hydrogens is 352 g/mol. The number of likely N-dealkylation sites (N-methyl/N-ethyl adjacent to an activating group) is 1.